The van der Waals surface area contributed by atoms with Crippen molar-refractivity contribution in [2.45, 2.75) is 16.3 Å². The number of benzene rings is 2. The molecule has 1 aliphatic rings. The number of hydrogen-bond donors (Lipinski definition) is 0. The van der Waals surface area contributed by atoms with Crippen molar-refractivity contribution in [3.63, 3.8) is 0 Å². The minimum absolute atomic E-state index is 0.0160. The highest BCUT2D eigenvalue weighted by Crippen LogP contribution is 2.21. The lowest BCUT2D eigenvalue weighted by Crippen LogP contribution is -2.52. The third kappa shape index (κ3) is 5.66. The summed E-state index contributed by atoms with van der Waals surface area (Å²) in [5, 5.41) is 9.22. The second-order valence-electron chi connectivity index (χ2n) is 7.41. The van der Waals surface area contributed by atoms with Gasteiger partial charge in [0.25, 0.3) is 0 Å². The molecular formula is C22H26N4O3S2. The molecule has 2 aromatic carbocycles. The minimum Gasteiger partial charge on any atom is -0.339 e. The summed E-state index contributed by atoms with van der Waals surface area (Å²) < 4.78 is 27.2. The average Bonchev–Trinajstić information content (AvgIpc) is 2.79. The molecule has 0 spiro atoms. The monoisotopic (exact) mass is 458 g/mol. The number of carbonyl (C=O) groups excluding carboxylic acids is 1. The van der Waals surface area contributed by atoms with E-state index in [-0.39, 0.29) is 36.0 Å². The molecule has 1 fully saturated rings. The number of rotatable bonds is 7. The Balaban J connectivity index is 1.55. The van der Waals surface area contributed by atoms with Crippen molar-refractivity contribution in [2.24, 2.45) is 0 Å². The van der Waals surface area contributed by atoms with E-state index in [0.29, 0.717) is 19.6 Å². The van der Waals surface area contributed by atoms with Gasteiger partial charge in [-0.25, -0.2) is 8.42 Å². The Morgan fingerprint density at radius 2 is 1.74 bits per heavy atom. The number of nitriles is 1. The maximum Gasteiger partial charge on any atom is 0.244 e. The third-order valence-corrected chi connectivity index (χ3v) is 7.93. The molecule has 31 heavy (non-hydrogen) atoms. The van der Waals surface area contributed by atoms with Crippen LogP contribution < -0.4 is 0 Å². The molecule has 2 aromatic rings. The summed E-state index contributed by atoms with van der Waals surface area (Å²) in [6, 6.07) is 16.4. The number of thioether (sulfide) groups is 1. The van der Waals surface area contributed by atoms with E-state index in [1.165, 1.54) is 21.3 Å². The number of likely N-dealkylation sites (N-methyl/N-ethyl adjacent to an activating group) is 1. The number of amides is 1. The second-order valence-corrected chi connectivity index (χ2v) is 10.2. The lowest BCUT2D eigenvalue weighted by atomic mass is 10.2. The van der Waals surface area contributed by atoms with Gasteiger partial charge in [0.2, 0.25) is 15.9 Å². The zero-order valence-corrected chi connectivity index (χ0v) is 19.3. The van der Waals surface area contributed by atoms with Crippen LogP contribution in [-0.4, -0.2) is 74.5 Å². The van der Waals surface area contributed by atoms with Gasteiger partial charge in [0.1, 0.15) is 6.07 Å². The number of sulfonamides is 1. The zero-order chi connectivity index (χ0) is 22.4. The van der Waals surface area contributed by atoms with Crippen LogP contribution in [-0.2, 0) is 21.4 Å². The molecule has 9 heteroatoms. The SMILES string of the molecule is CSc1ccc(CN(C)CC(=O)N2CCN(S(=O)(=O)c3ccccc3C#N)CC2)cc1. The fourth-order valence-corrected chi connectivity index (χ4v) is 5.50. The molecule has 3 rings (SSSR count). The predicted octanol–water partition coefficient (Wildman–Crippen LogP) is 2.25. The topological polar surface area (TPSA) is 84.7 Å². The molecule has 1 heterocycles. The van der Waals surface area contributed by atoms with Gasteiger partial charge < -0.3 is 4.90 Å². The highest BCUT2D eigenvalue weighted by molar-refractivity contribution is 7.98. The van der Waals surface area contributed by atoms with E-state index in [9.17, 15) is 18.5 Å². The number of piperazine rings is 1. The molecule has 0 bridgehead atoms. The van der Waals surface area contributed by atoms with Gasteiger partial charge in [0.15, 0.2) is 0 Å². The Morgan fingerprint density at radius 3 is 2.35 bits per heavy atom. The van der Waals surface area contributed by atoms with Crippen LogP contribution in [0, 0.1) is 11.3 Å². The molecular weight excluding hydrogens is 432 g/mol. The molecule has 0 N–H and O–H groups in total. The first-order chi connectivity index (χ1) is 14.8. The summed E-state index contributed by atoms with van der Waals surface area (Å²) in [6.45, 7) is 2.04. The normalized spacial score (nSPS) is 15.1. The fraction of sp³-hybridized carbons (Fsp3) is 0.364. The van der Waals surface area contributed by atoms with Crippen LogP contribution in [0.4, 0.5) is 0 Å². The molecule has 1 aliphatic heterocycles. The van der Waals surface area contributed by atoms with Crippen LogP contribution in [0.15, 0.2) is 58.3 Å². The molecule has 1 saturated heterocycles. The van der Waals surface area contributed by atoms with Crippen LogP contribution in [0.5, 0.6) is 0 Å². The number of hydrogen-bond acceptors (Lipinski definition) is 6. The summed E-state index contributed by atoms with van der Waals surface area (Å²) in [7, 11) is -1.86. The Kier molecular flexibility index (Phi) is 7.73. The van der Waals surface area contributed by atoms with Crippen molar-refractivity contribution in [1.29, 1.82) is 5.26 Å². The standard InChI is InChI=1S/C22H26N4O3S2/c1-24(16-18-7-9-20(30-2)10-8-18)17-22(27)25-11-13-26(14-12-25)31(28,29)21-6-4-3-5-19(21)15-23/h3-10H,11-14,16-17H2,1-2H3. The van der Waals surface area contributed by atoms with Crippen molar-refractivity contribution < 1.29 is 13.2 Å². The van der Waals surface area contributed by atoms with Gasteiger partial charge in [-0.15, -0.1) is 11.8 Å². The minimum atomic E-state index is -3.76. The first-order valence-electron chi connectivity index (χ1n) is 9.93. The van der Waals surface area contributed by atoms with Gasteiger partial charge in [0, 0.05) is 37.6 Å². The summed E-state index contributed by atoms with van der Waals surface area (Å²) in [5.41, 5.74) is 1.27. The van der Waals surface area contributed by atoms with Crippen LogP contribution in [0.2, 0.25) is 0 Å². The van der Waals surface area contributed by atoms with Gasteiger partial charge in [-0.3, -0.25) is 9.69 Å². The largest absolute Gasteiger partial charge is 0.339 e. The molecule has 7 nitrogen and oxygen atoms in total. The lowest BCUT2D eigenvalue weighted by molar-refractivity contribution is -0.133. The fourth-order valence-electron chi connectivity index (χ4n) is 3.53. The van der Waals surface area contributed by atoms with E-state index in [1.807, 2.05) is 24.3 Å². The maximum atomic E-state index is 12.9. The van der Waals surface area contributed by atoms with Gasteiger partial charge in [-0.1, -0.05) is 24.3 Å². The second kappa shape index (κ2) is 10.3. The van der Waals surface area contributed by atoms with Crippen LogP contribution >= 0.6 is 11.8 Å². The highest BCUT2D eigenvalue weighted by Gasteiger charge is 2.31. The zero-order valence-electron chi connectivity index (χ0n) is 17.7. The van der Waals surface area contributed by atoms with Crippen LogP contribution in [0.25, 0.3) is 0 Å². The Hall–Kier alpha value is -2.38. The smallest absolute Gasteiger partial charge is 0.244 e. The van der Waals surface area contributed by atoms with Crippen LogP contribution in [0.3, 0.4) is 0 Å². The summed E-state index contributed by atoms with van der Waals surface area (Å²) in [6.07, 6.45) is 2.03. The van der Waals surface area contributed by atoms with Crippen molar-refractivity contribution in [2.75, 3.05) is 46.0 Å². The van der Waals surface area contributed by atoms with Crippen LogP contribution in [0.1, 0.15) is 11.1 Å². The third-order valence-electron chi connectivity index (χ3n) is 5.23. The Bertz CT molecular complexity index is 1060. The van der Waals surface area contributed by atoms with Gasteiger partial charge in [-0.2, -0.15) is 9.57 Å². The molecule has 0 aliphatic carbocycles. The molecule has 0 unspecified atom stereocenters. The van der Waals surface area contributed by atoms with Crippen molar-refractivity contribution in [1.82, 2.24) is 14.1 Å². The van der Waals surface area contributed by atoms with Crippen molar-refractivity contribution in [3.05, 3.63) is 59.7 Å². The average molecular weight is 459 g/mol. The van der Waals surface area contributed by atoms with Gasteiger partial charge in [-0.05, 0) is 43.1 Å². The number of nitrogens with zero attached hydrogens (tertiary/aromatic N) is 4. The lowest BCUT2D eigenvalue weighted by Gasteiger charge is -2.35. The van der Waals surface area contributed by atoms with E-state index in [0.717, 1.165) is 5.56 Å². The van der Waals surface area contributed by atoms with Crippen molar-refractivity contribution >= 4 is 27.7 Å². The van der Waals surface area contributed by atoms with Crippen molar-refractivity contribution in [3.8, 4) is 6.07 Å². The quantitative estimate of drug-likeness (QED) is 0.592. The van der Waals surface area contributed by atoms with E-state index >= 15 is 0 Å². The van der Waals surface area contributed by atoms with Gasteiger partial charge in [0.05, 0.1) is 17.0 Å². The van der Waals surface area contributed by atoms with Gasteiger partial charge >= 0.3 is 0 Å². The molecule has 0 atom stereocenters. The first-order valence-corrected chi connectivity index (χ1v) is 12.6. The first kappa shape index (κ1) is 23.3. The number of carbonyl (C=O) groups is 1. The van der Waals surface area contributed by atoms with E-state index in [2.05, 4.69) is 24.3 Å². The molecule has 0 aromatic heterocycles. The molecule has 0 saturated carbocycles. The molecule has 0 radical (unpaired) electrons. The maximum absolute atomic E-state index is 12.9. The summed E-state index contributed by atoms with van der Waals surface area (Å²) in [5.74, 6) is -0.0160. The Morgan fingerprint density at radius 1 is 1.10 bits per heavy atom. The van der Waals surface area contributed by atoms with E-state index in [4.69, 9.17) is 0 Å². The highest BCUT2D eigenvalue weighted by atomic mass is 32.2. The summed E-state index contributed by atoms with van der Waals surface area (Å²) >= 11 is 1.69. The molecule has 1 amide bonds. The Labute approximate surface area is 188 Å². The predicted molar refractivity (Wildman–Crippen MR) is 121 cm³/mol. The van der Waals surface area contributed by atoms with E-state index in [1.54, 1.807) is 28.8 Å². The summed E-state index contributed by atoms with van der Waals surface area (Å²) in [4.78, 5) is 17.6. The molecule has 164 valence electrons. The van der Waals surface area contributed by atoms with E-state index < -0.39 is 10.0 Å².